The summed E-state index contributed by atoms with van der Waals surface area (Å²) in [4.78, 5) is 18.2. The molecule has 5 rings (SSSR count). The van der Waals surface area contributed by atoms with Gasteiger partial charge in [-0.15, -0.1) is 0 Å². The molecule has 5 nitrogen and oxygen atoms in total. The highest BCUT2D eigenvalue weighted by molar-refractivity contribution is 6.12. The van der Waals surface area contributed by atoms with E-state index in [1.165, 1.54) is 24.0 Å². The first-order valence-corrected chi connectivity index (χ1v) is 10.4. The van der Waals surface area contributed by atoms with Crippen molar-refractivity contribution in [1.82, 2.24) is 14.8 Å². The van der Waals surface area contributed by atoms with Gasteiger partial charge in [0.2, 0.25) is 0 Å². The van der Waals surface area contributed by atoms with Crippen LogP contribution in [0, 0.1) is 0 Å². The fourth-order valence-electron chi connectivity index (χ4n) is 4.28. The van der Waals surface area contributed by atoms with E-state index >= 15 is 0 Å². The maximum atomic E-state index is 13.3. The van der Waals surface area contributed by atoms with Gasteiger partial charge in [-0.2, -0.15) is 5.10 Å². The highest BCUT2D eigenvalue weighted by atomic mass is 16.1. The molecular weight excluding hydrogens is 348 g/mol. The fraction of sp³-hybridized carbons (Fsp3) is 0.435. The molecule has 28 heavy (non-hydrogen) atoms. The van der Waals surface area contributed by atoms with Crippen LogP contribution in [0.2, 0.25) is 0 Å². The minimum Gasteiger partial charge on any atom is -0.322 e. The van der Waals surface area contributed by atoms with E-state index in [9.17, 15) is 4.79 Å². The Morgan fingerprint density at radius 3 is 2.82 bits per heavy atom. The number of aromatic nitrogens is 3. The van der Waals surface area contributed by atoms with E-state index in [-0.39, 0.29) is 11.9 Å². The van der Waals surface area contributed by atoms with Crippen molar-refractivity contribution in [2.24, 2.45) is 0 Å². The molecule has 5 heteroatoms. The van der Waals surface area contributed by atoms with Gasteiger partial charge in [0, 0.05) is 23.3 Å². The van der Waals surface area contributed by atoms with Crippen LogP contribution in [-0.2, 0) is 12.8 Å². The highest BCUT2D eigenvalue weighted by Gasteiger charge is 2.28. The quantitative estimate of drug-likeness (QED) is 0.697. The number of benzene rings is 1. The van der Waals surface area contributed by atoms with Crippen molar-refractivity contribution in [2.45, 2.75) is 64.3 Å². The third-order valence-corrected chi connectivity index (χ3v) is 5.96. The number of carbonyl (C=O) groups is 1. The molecule has 0 bridgehead atoms. The van der Waals surface area contributed by atoms with Crippen molar-refractivity contribution in [3.8, 4) is 0 Å². The standard InChI is InChI=1S/C23H26N4O/c1-14(2)27-22-19(13-24-27)18(12-21(25-22)16-10-11-16)23(28)26-20-9-5-7-15-6-3-4-8-17(15)20/h5,7,9,12-14,16H,3-4,6,8,10-11H2,1-2H3,(H,26,28). The number of pyridine rings is 1. The smallest absolute Gasteiger partial charge is 0.256 e. The zero-order valence-electron chi connectivity index (χ0n) is 16.5. The first kappa shape index (κ1) is 17.4. The molecule has 0 radical (unpaired) electrons. The summed E-state index contributed by atoms with van der Waals surface area (Å²) >= 11 is 0. The number of amides is 1. The molecule has 2 aliphatic carbocycles. The van der Waals surface area contributed by atoms with E-state index in [1.807, 2.05) is 22.9 Å². The summed E-state index contributed by atoms with van der Waals surface area (Å²) in [6, 6.07) is 8.45. The lowest BCUT2D eigenvalue weighted by Gasteiger charge is -2.20. The van der Waals surface area contributed by atoms with Crippen molar-refractivity contribution >= 4 is 22.6 Å². The summed E-state index contributed by atoms with van der Waals surface area (Å²) in [5, 5.41) is 8.54. The summed E-state index contributed by atoms with van der Waals surface area (Å²) < 4.78 is 1.92. The second-order valence-electron chi connectivity index (χ2n) is 8.39. The second-order valence-corrected chi connectivity index (χ2v) is 8.39. The number of hydrogen-bond donors (Lipinski definition) is 1. The minimum absolute atomic E-state index is 0.0587. The van der Waals surface area contributed by atoms with Crippen LogP contribution >= 0.6 is 0 Å². The Kier molecular flexibility index (Phi) is 4.18. The number of nitrogens with zero attached hydrogens (tertiary/aromatic N) is 3. The van der Waals surface area contributed by atoms with Crippen LogP contribution in [0.1, 0.15) is 78.7 Å². The average molecular weight is 374 g/mol. The van der Waals surface area contributed by atoms with Gasteiger partial charge in [-0.1, -0.05) is 12.1 Å². The van der Waals surface area contributed by atoms with Crippen LogP contribution < -0.4 is 5.32 Å². The van der Waals surface area contributed by atoms with E-state index < -0.39 is 0 Å². The van der Waals surface area contributed by atoms with Gasteiger partial charge in [-0.3, -0.25) is 4.79 Å². The molecule has 1 fully saturated rings. The van der Waals surface area contributed by atoms with Gasteiger partial charge in [0.15, 0.2) is 5.65 Å². The van der Waals surface area contributed by atoms with Crippen molar-refractivity contribution in [1.29, 1.82) is 0 Å². The molecule has 0 saturated heterocycles. The fourth-order valence-corrected chi connectivity index (χ4v) is 4.28. The molecule has 2 aliphatic rings. The van der Waals surface area contributed by atoms with Crippen LogP contribution in [0.25, 0.3) is 11.0 Å². The van der Waals surface area contributed by atoms with Crippen molar-refractivity contribution in [2.75, 3.05) is 5.32 Å². The lowest BCUT2D eigenvalue weighted by molar-refractivity contribution is 0.102. The Hall–Kier alpha value is -2.69. The van der Waals surface area contributed by atoms with Crippen LogP contribution in [0.15, 0.2) is 30.5 Å². The lowest BCUT2D eigenvalue weighted by atomic mass is 9.90. The Balaban J connectivity index is 1.56. The second kappa shape index (κ2) is 6.73. The Morgan fingerprint density at radius 1 is 1.21 bits per heavy atom. The SMILES string of the molecule is CC(C)n1ncc2c(C(=O)Nc3cccc4c3CCCC4)cc(C3CC3)nc21. The normalized spacial score (nSPS) is 16.4. The summed E-state index contributed by atoms with van der Waals surface area (Å²) in [7, 11) is 0. The van der Waals surface area contributed by atoms with Crippen molar-refractivity contribution < 1.29 is 4.79 Å². The topological polar surface area (TPSA) is 59.8 Å². The number of rotatable bonds is 4. The molecule has 144 valence electrons. The largest absolute Gasteiger partial charge is 0.322 e. The molecule has 2 heterocycles. The number of carbonyl (C=O) groups excluding carboxylic acids is 1. The van der Waals surface area contributed by atoms with Crippen LogP contribution in [0.5, 0.6) is 0 Å². The minimum atomic E-state index is -0.0587. The van der Waals surface area contributed by atoms with Gasteiger partial charge < -0.3 is 5.32 Å². The van der Waals surface area contributed by atoms with Crippen LogP contribution in [-0.4, -0.2) is 20.7 Å². The summed E-state index contributed by atoms with van der Waals surface area (Å²) in [6.07, 6.45) is 8.65. The summed E-state index contributed by atoms with van der Waals surface area (Å²) in [5.41, 5.74) is 6.15. The third-order valence-electron chi connectivity index (χ3n) is 5.96. The van der Waals surface area contributed by atoms with Gasteiger partial charge in [0.05, 0.1) is 17.1 Å². The van der Waals surface area contributed by atoms with Gasteiger partial charge in [0.25, 0.3) is 5.91 Å². The predicted octanol–water partition coefficient (Wildman–Crippen LogP) is 5.02. The first-order chi connectivity index (χ1) is 13.6. The van der Waals surface area contributed by atoms with Crippen molar-refractivity contribution in [3.63, 3.8) is 0 Å². The maximum Gasteiger partial charge on any atom is 0.256 e. The lowest BCUT2D eigenvalue weighted by Crippen LogP contribution is -2.16. The molecule has 2 aromatic heterocycles. The van der Waals surface area contributed by atoms with E-state index in [2.05, 4.69) is 30.3 Å². The van der Waals surface area contributed by atoms with Gasteiger partial charge >= 0.3 is 0 Å². The molecule has 1 aromatic carbocycles. The van der Waals surface area contributed by atoms with Crippen molar-refractivity contribution in [3.05, 3.63) is 52.8 Å². The van der Waals surface area contributed by atoms with E-state index in [0.29, 0.717) is 11.5 Å². The van der Waals surface area contributed by atoms with Crippen LogP contribution in [0.4, 0.5) is 5.69 Å². The summed E-state index contributed by atoms with van der Waals surface area (Å²) in [5.74, 6) is 0.424. The highest BCUT2D eigenvalue weighted by Crippen LogP contribution is 2.40. The average Bonchev–Trinajstić information content (AvgIpc) is 3.46. The van der Waals surface area contributed by atoms with E-state index in [1.54, 1.807) is 6.20 Å². The molecule has 0 aliphatic heterocycles. The first-order valence-electron chi connectivity index (χ1n) is 10.4. The van der Waals surface area contributed by atoms with E-state index in [4.69, 9.17) is 4.98 Å². The molecule has 1 amide bonds. The Morgan fingerprint density at radius 2 is 2.04 bits per heavy atom. The number of aryl methyl sites for hydroxylation is 1. The number of fused-ring (bicyclic) bond motifs is 2. The zero-order valence-corrected chi connectivity index (χ0v) is 16.5. The molecular formula is C23H26N4O. The molecule has 1 saturated carbocycles. The predicted molar refractivity (Wildman–Crippen MR) is 111 cm³/mol. The monoisotopic (exact) mass is 374 g/mol. The number of nitrogens with one attached hydrogen (secondary N) is 1. The number of anilines is 1. The van der Waals surface area contributed by atoms with Gasteiger partial charge in [0.1, 0.15) is 0 Å². The van der Waals surface area contributed by atoms with Gasteiger partial charge in [-0.25, -0.2) is 9.67 Å². The number of hydrogen-bond acceptors (Lipinski definition) is 3. The van der Waals surface area contributed by atoms with E-state index in [0.717, 1.165) is 48.1 Å². The van der Waals surface area contributed by atoms with Crippen LogP contribution in [0.3, 0.4) is 0 Å². The molecule has 0 unspecified atom stereocenters. The van der Waals surface area contributed by atoms with Gasteiger partial charge in [-0.05, 0) is 75.6 Å². The molecule has 1 N–H and O–H groups in total. The molecule has 3 aromatic rings. The molecule has 0 spiro atoms. The molecule has 0 atom stereocenters. The third kappa shape index (κ3) is 2.99. The Bertz CT molecular complexity index is 1060. The maximum absolute atomic E-state index is 13.3. The zero-order chi connectivity index (χ0) is 19.3. The Labute approximate surface area is 165 Å². The summed E-state index contributed by atoms with van der Waals surface area (Å²) in [6.45, 7) is 4.18.